The first kappa shape index (κ1) is 8.82. The highest BCUT2D eigenvalue weighted by atomic mass is 16.5. The van der Waals surface area contributed by atoms with E-state index in [1.54, 1.807) is 6.26 Å². The molecule has 0 aliphatic heterocycles. The van der Waals surface area contributed by atoms with Gasteiger partial charge in [-0.1, -0.05) is 13.5 Å². The smallest absolute Gasteiger partial charge is 0.111 e. The molecule has 0 aromatic carbocycles. The normalized spacial score (nSPS) is 54.6. The zero-order chi connectivity index (χ0) is 9.76. The van der Waals surface area contributed by atoms with Crippen LogP contribution in [0, 0.1) is 23.7 Å². The Labute approximate surface area is 86.5 Å². The molecule has 78 valence electrons. The van der Waals surface area contributed by atoms with Crippen molar-refractivity contribution in [2.75, 3.05) is 0 Å². The van der Waals surface area contributed by atoms with Crippen LogP contribution < -0.4 is 0 Å². The molecule has 0 spiro atoms. The molecule has 0 radical (unpaired) electrons. The second-order valence-corrected chi connectivity index (χ2v) is 5.75. The van der Waals surface area contributed by atoms with Gasteiger partial charge in [0.1, 0.15) is 5.60 Å². The van der Waals surface area contributed by atoms with Crippen molar-refractivity contribution >= 4 is 0 Å². The lowest BCUT2D eigenvalue weighted by molar-refractivity contribution is -0.169. The van der Waals surface area contributed by atoms with Crippen molar-refractivity contribution in [3.05, 3.63) is 12.8 Å². The first-order chi connectivity index (χ1) is 6.73. The van der Waals surface area contributed by atoms with Gasteiger partial charge in [0.05, 0.1) is 6.26 Å². The topological polar surface area (TPSA) is 9.23 Å². The van der Waals surface area contributed by atoms with E-state index in [9.17, 15) is 0 Å². The Bertz CT molecular complexity index is 244. The Morgan fingerprint density at radius 2 is 1.86 bits per heavy atom. The molecule has 4 rings (SSSR count). The third-order valence-corrected chi connectivity index (χ3v) is 5.06. The second kappa shape index (κ2) is 2.77. The molecular weight excluding hydrogens is 172 g/mol. The van der Waals surface area contributed by atoms with Crippen LogP contribution in [0.4, 0.5) is 0 Å². The van der Waals surface area contributed by atoms with E-state index in [1.807, 2.05) is 0 Å². The predicted molar refractivity (Wildman–Crippen MR) is 56.7 cm³/mol. The van der Waals surface area contributed by atoms with E-state index in [0.717, 1.165) is 23.7 Å². The van der Waals surface area contributed by atoms with Crippen molar-refractivity contribution in [3.63, 3.8) is 0 Å². The molecule has 4 fully saturated rings. The van der Waals surface area contributed by atoms with Crippen LogP contribution in [0.15, 0.2) is 12.8 Å². The minimum atomic E-state index is 0.191. The molecule has 3 atom stereocenters. The van der Waals surface area contributed by atoms with Gasteiger partial charge in [-0.3, -0.25) is 0 Å². The fourth-order valence-electron chi connectivity index (χ4n) is 4.59. The van der Waals surface area contributed by atoms with Crippen LogP contribution in [0.2, 0.25) is 0 Å². The SMILES string of the molecule is C=COC12CC3CC(CC(C3)C1C)C2. The summed E-state index contributed by atoms with van der Waals surface area (Å²) in [4.78, 5) is 0. The fourth-order valence-corrected chi connectivity index (χ4v) is 4.59. The van der Waals surface area contributed by atoms with Crippen molar-refractivity contribution in [3.8, 4) is 0 Å². The number of ether oxygens (including phenoxy) is 1. The summed E-state index contributed by atoms with van der Waals surface area (Å²) >= 11 is 0. The van der Waals surface area contributed by atoms with Crippen LogP contribution in [0.1, 0.15) is 39.0 Å². The molecule has 0 N–H and O–H groups in total. The highest BCUT2D eigenvalue weighted by Gasteiger charge is 2.56. The monoisotopic (exact) mass is 192 g/mol. The molecule has 0 aromatic heterocycles. The standard InChI is InChI=1S/C13H20O/c1-3-14-13-7-10-4-11(8-13)6-12(5-10)9(13)2/h3,9-12H,1,4-8H2,2H3. The molecular formula is C13H20O. The molecule has 4 bridgehead atoms. The van der Waals surface area contributed by atoms with Gasteiger partial charge in [-0.05, 0) is 55.8 Å². The predicted octanol–water partition coefficient (Wildman–Crippen LogP) is 3.36. The first-order valence-electron chi connectivity index (χ1n) is 6.02. The van der Waals surface area contributed by atoms with E-state index in [0.29, 0.717) is 0 Å². The van der Waals surface area contributed by atoms with E-state index >= 15 is 0 Å². The van der Waals surface area contributed by atoms with Gasteiger partial charge < -0.3 is 4.74 Å². The van der Waals surface area contributed by atoms with Crippen molar-refractivity contribution in [2.24, 2.45) is 23.7 Å². The van der Waals surface area contributed by atoms with Crippen LogP contribution in [0.3, 0.4) is 0 Å². The lowest BCUT2D eigenvalue weighted by atomic mass is 9.50. The molecule has 1 heteroatoms. The van der Waals surface area contributed by atoms with Gasteiger partial charge in [0.2, 0.25) is 0 Å². The van der Waals surface area contributed by atoms with Gasteiger partial charge in [0.15, 0.2) is 0 Å². The fraction of sp³-hybridized carbons (Fsp3) is 0.846. The van der Waals surface area contributed by atoms with Crippen LogP contribution >= 0.6 is 0 Å². The summed E-state index contributed by atoms with van der Waals surface area (Å²) in [6.07, 6.45) is 8.70. The van der Waals surface area contributed by atoms with E-state index in [1.165, 1.54) is 32.1 Å². The Morgan fingerprint density at radius 3 is 2.43 bits per heavy atom. The van der Waals surface area contributed by atoms with Crippen molar-refractivity contribution in [1.82, 2.24) is 0 Å². The van der Waals surface area contributed by atoms with Gasteiger partial charge in [-0.2, -0.15) is 0 Å². The van der Waals surface area contributed by atoms with Crippen LogP contribution in [0.5, 0.6) is 0 Å². The maximum absolute atomic E-state index is 5.92. The summed E-state index contributed by atoms with van der Waals surface area (Å²) < 4.78 is 5.92. The largest absolute Gasteiger partial charge is 0.495 e. The molecule has 3 unspecified atom stereocenters. The van der Waals surface area contributed by atoms with Crippen molar-refractivity contribution in [1.29, 1.82) is 0 Å². The minimum absolute atomic E-state index is 0.191. The quantitative estimate of drug-likeness (QED) is 0.610. The van der Waals surface area contributed by atoms with Crippen LogP contribution in [-0.4, -0.2) is 5.60 Å². The summed E-state index contributed by atoms with van der Waals surface area (Å²) in [5.74, 6) is 3.63. The molecule has 0 amide bonds. The Balaban J connectivity index is 1.93. The van der Waals surface area contributed by atoms with Gasteiger partial charge in [-0.15, -0.1) is 0 Å². The average Bonchev–Trinajstić information content (AvgIpc) is 2.13. The third-order valence-electron chi connectivity index (χ3n) is 5.06. The van der Waals surface area contributed by atoms with E-state index in [4.69, 9.17) is 4.74 Å². The van der Waals surface area contributed by atoms with Crippen molar-refractivity contribution in [2.45, 2.75) is 44.6 Å². The highest BCUT2D eigenvalue weighted by molar-refractivity contribution is 5.07. The summed E-state index contributed by atoms with van der Waals surface area (Å²) in [6.45, 7) is 6.14. The zero-order valence-corrected chi connectivity index (χ0v) is 9.04. The van der Waals surface area contributed by atoms with Crippen LogP contribution in [0.25, 0.3) is 0 Å². The Morgan fingerprint density at radius 1 is 1.21 bits per heavy atom. The van der Waals surface area contributed by atoms with E-state index < -0.39 is 0 Å². The summed E-state index contributed by atoms with van der Waals surface area (Å²) in [6, 6.07) is 0. The molecule has 14 heavy (non-hydrogen) atoms. The molecule has 0 saturated heterocycles. The average molecular weight is 192 g/mol. The molecule has 1 nitrogen and oxygen atoms in total. The molecule has 4 aliphatic carbocycles. The van der Waals surface area contributed by atoms with Gasteiger partial charge in [0.25, 0.3) is 0 Å². The minimum Gasteiger partial charge on any atom is -0.495 e. The summed E-state index contributed by atoms with van der Waals surface area (Å²) in [5.41, 5.74) is 0.191. The lowest BCUT2D eigenvalue weighted by Gasteiger charge is -2.59. The number of hydrogen-bond donors (Lipinski definition) is 0. The van der Waals surface area contributed by atoms with Gasteiger partial charge >= 0.3 is 0 Å². The van der Waals surface area contributed by atoms with E-state index in [-0.39, 0.29) is 5.60 Å². The van der Waals surface area contributed by atoms with Crippen LogP contribution in [-0.2, 0) is 4.74 Å². The molecule has 4 aliphatic rings. The molecule has 0 aromatic rings. The zero-order valence-electron chi connectivity index (χ0n) is 9.04. The maximum Gasteiger partial charge on any atom is 0.111 e. The van der Waals surface area contributed by atoms with Gasteiger partial charge in [-0.25, -0.2) is 0 Å². The molecule has 4 saturated carbocycles. The lowest BCUT2D eigenvalue weighted by Crippen LogP contribution is -2.56. The third kappa shape index (κ3) is 1.01. The van der Waals surface area contributed by atoms with Gasteiger partial charge in [0, 0.05) is 0 Å². The first-order valence-corrected chi connectivity index (χ1v) is 6.02. The maximum atomic E-state index is 5.92. The summed E-state index contributed by atoms with van der Waals surface area (Å²) in [5, 5.41) is 0. The van der Waals surface area contributed by atoms with Crippen molar-refractivity contribution < 1.29 is 4.74 Å². The number of hydrogen-bond acceptors (Lipinski definition) is 1. The Kier molecular flexibility index (Phi) is 1.75. The van der Waals surface area contributed by atoms with E-state index in [2.05, 4.69) is 13.5 Å². The highest BCUT2D eigenvalue weighted by Crippen LogP contribution is 2.59. The molecule has 0 heterocycles. The summed E-state index contributed by atoms with van der Waals surface area (Å²) in [7, 11) is 0. The number of rotatable bonds is 2. The Hall–Kier alpha value is -0.460. The second-order valence-electron chi connectivity index (χ2n) is 5.75.